The van der Waals surface area contributed by atoms with Gasteiger partial charge in [0, 0.05) is 0 Å². The fourth-order valence-electron chi connectivity index (χ4n) is 0.493. The first kappa shape index (κ1) is 6.75. The maximum absolute atomic E-state index is 8.59. The van der Waals surface area contributed by atoms with Gasteiger partial charge in [-0.1, -0.05) is 0 Å². The van der Waals surface area contributed by atoms with Gasteiger partial charge < -0.3 is 4.42 Å². The molecule has 1 aromatic rings. The molecule has 10 heavy (non-hydrogen) atoms. The van der Waals surface area contributed by atoms with Gasteiger partial charge in [0.25, 0.3) is 0 Å². The van der Waals surface area contributed by atoms with Crippen LogP contribution in [0.3, 0.4) is 0 Å². The molecule has 0 spiro atoms. The van der Waals surface area contributed by atoms with Gasteiger partial charge in [0.2, 0.25) is 12.3 Å². The minimum atomic E-state index is -0.670. The van der Waals surface area contributed by atoms with E-state index in [0.29, 0.717) is 5.89 Å². The van der Waals surface area contributed by atoms with Crippen molar-refractivity contribution in [2.45, 2.75) is 19.3 Å². The van der Waals surface area contributed by atoms with Crippen molar-refractivity contribution in [3.8, 4) is 6.07 Å². The fourth-order valence-corrected chi connectivity index (χ4v) is 0.493. The highest BCUT2D eigenvalue weighted by molar-refractivity contribution is 5.11. The van der Waals surface area contributed by atoms with Gasteiger partial charge in [-0.05, 0) is 13.8 Å². The van der Waals surface area contributed by atoms with Gasteiger partial charge in [-0.15, -0.1) is 10.2 Å². The second kappa shape index (κ2) is 2.10. The Morgan fingerprint density at radius 3 is 2.80 bits per heavy atom. The molecule has 1 heterocycles. The van der Waals surface area contributed by atoms with Crippen LogP contribution >= 0.6 is 0 Å². The van der Waals surface area contributed by atoms with Crippen LogP contribution in [0, 0.1) is 11.3 Å². The van der Waals surface area contributed by atoms with Crippen molar-refractivity contribution >= 4 is 0 Å². The van der Waals surface area contributed by atoms with Crippen molar-refractivity contribution in [3.63, 3.8) is 0 Å². The highest BCUT2D eigenvalue weighted by Crippen LogP contribution is 2.18. The minimum Gasteiger partial charge on any atom is -0.426 e. The van der Waals surface area contributed by atoms with Crippen molar-refractivity contribution in [1.29, 1.82) is 5.26 Å². The van der Waals surface area contributed by atoms with E-state index in [1.165, 1.54) is 6.39 Å². The Balaban J connectivity index is 2.99. The van der Waals surface area contributed by atoms with Crippen LogP contribution in [-0.2, 0) is 5.41 Å². The van der Waals surface area contributed by atoms with E-state index in [4.69, 9.17) is 9.68 Å². The average Bonchev–Trinajstić information content (AvgIpc) is 2.38. The van der Waals surface area contributed by atoms with E-state index >= 15 is 0 Å². The fraction of sp³-hybridized carbons (Fsp3) is 0.500. The summed E-state index contributed by atoms with van der Waals surface area (Å²) in [5.41, 5.74) is -0.670. The zero-order valence-corrected chi connectivity index (χ0v) is 5.83. The lowest BCUT2D eigenvalue weighted by Gasteiger charge is -2.06. The first-order valence-electron chi connectivity index (χ1n) is 2.85. The molecule has 52 valence electrons. The normalized spacial score (nSPS) is 10.9. The molecule has 0 saturated carbocycles. The van der Waals surface area contributed by atoms with Crippen LogP contribution in [0.15, 0.2) is 10.8 Å². The summed E-state index contributed by atoms with van der Waals surface area (Å²) in [4.78, 5) is 0. The van der Waals surface area contributed by atoms with E-state index in [0.717, 1.165) is 0 Å². The highest BCUT2D eigenvalue weighted by atomic mass is 16.4. The van der Waals surface area contributed by atoms with Gasteiger partial charge >= 0.3 is 0 Å². The maximum Gasteiger partial charge on any atom is 0.235 e. The van der Waals surface area contributed by atoms with Crippen LogP contribution in [0.2, 0.25) is 0 Å². The number of rotatable bonds is 1. The van der Waals surface area contributed by atoms with Gasteiger partial charge in [0.15, 0.2) is 0 Å². The maximum atomic E-state index is 8.59. The van der Waals surface area contributed by atoms with E-state index in [1.54, 1.807) is 13.8 Å². The van der Waals surface area contributed by atoms with Gasteiger partial charge in [-0.3, -0.25) is 0 Å². The highest BCUT2D eigenvalue weighted by Gasteiger charge is 2.25. The van der Waals surface area contributed by atoms with E-state index in [1.807, 2.05) is 6.07 Å². The molecule has 0 bridgehead atoms. The Bertz CT molecular complexity index is 244. The number of nitriles is 1. The quantitative estimate of drug-likeness (QED) is 0.576. The second-order valence-electron chi connectivity index (χ2n) is 2.48. The molecule has 0 amide bonds. The molecule has 0 unspecified atom stereocenters. The van der Waals surface area contributed by atoms with Gasteiger partial charge in [0.1, 0.15) is 5.41 Å². The number of hydrogen-bond acceptors (Lipinski definition) is 4. The molecule has 1 rings (SSSR count). The molecule has 0 radical (unpaired) electrons. The summed E-state index contributed by atoms with van der Waals surface area (Å²) in [6, 6.07) is 2.05. The lowest BCUT2D eigenvalue weighted by Crippen LogP contribution is -2.14. The van der Waals surface area contributed by atoms with Crippen LogP contribution in [0.4, 0.5) is 0 Å². The molecule has 1 aromatic heterocycles. The third-order valence-electron chi connectivity index (χ3n) is 1.17. The Kier molecular flexibility index (Phi) is 1.42. The Morgan fingerprint density at radius 2 is 2.40 bits per heavy atom. The zero-order chi connectivity index (χ0) is 7.61. The zero-order valence-electron chi connectivity index (χ0n) is 5.83. The summed E-state index contributed by atoms with van der Waals surface area (Å²) in [7, 11) is 0. The molecule has 0 atom stereocenters. The molecule has 0 N–H and O–H groups in total. The third-order valence-corrected chi connectivity index (χ3v) is 1.17. The van der Waals surface area contributed by atoms with E-state index in [2.05, 4.69) is 10.2 Å². The third kappa shape index (κ3) is 0.982. The minimum absolute atomic E-state index is 0.356. The molecule has 0 aliphatic rings. The molecule has 0 saturated heterocycles. The molecular formula is C6H7N3O. The topological polar surface area (TPSA) is 62.7 Å². The molecule has 4 heteroatoms. The molecule has 4 nitrogen and oxygen atoms in total. The lowest BCUT2D eigenvalue weighted by atomic mass is 9.96. The molecule has 0 aliphatic heterocycles. The summed E-state index contributed by atoms with van der Waals surface area (Å²) in [5, 5.41) is 15.7. The molecule has 0 aromatic carbocycles. The first-order valence-corrected chi connectivity index (χ1v) is 2.85. The lowest BCUT2D eigenvalue weighted by molar-refractivity contribution is 0.426. The predicted molar refractivity (Wildman–Crippen MR) is 32.9 cm³/mol. The number of hydrogen-bond donors (Lipinski definition) is 0. The van der Waals surface area contributed by atoms with Crippen LogP contribution in [-0.4, -0.2) is 10.2 Å². The standard InChI is InChI=1S/C6H7N3O/c1-6(2,3-7)5-9-8-4-10-5/h4H,1-2H3. The molecule has 0 aliphatic carbocycles. The summed E-state index contributed by atoms with van der Waals surface area (Å²) in [5.74, 6) is 0.356. The van der Waals surface area contributed by atoms with Crippen LogP contribution in [0.5, 0.6) is 0 Å². The SMILES string of the molecule is CC(C)(C#N)c1nnco1. The monoisotopic (exact) mass is 137 g/mol. The molecular weight excluding hydrogens is 130 g/mol. The van der Waals surface area contributed by atoms with Gasteiger partial charge in [-0.25, -0.2) is 0 Å². The van der Waals surface area contributed by atoms with E-state index in [-0.39, 0.29) is 0 Å². The van der Waals surface area contributed by atoms with Crippen molar-refractivity contribution in [3.05, 3.63) is 12.3 Å². The summed E-state index contributed by atoms with van der Waals surface area (Å²) in [6.07, 6.45) is 1.22. The summed E-state index contributed by atoms with van der Waals surface area (Å²) >= 11 is 0. The smallest absolute Gasteiger partial charge is 0.235 e. The second-order valence-corrected chi connectivity index (χ2v) is 2.48. The number of aromatic nitrogens is 2. The van der Waals surface area contributed by atoms with Crippen molar-refractivity contribution in [2.24, 2.45) is 0 Å². The van der Waals surface area contributed by atoms with Crippen LogP contribution in [0.25, 0.3) is 0 Å². The van der Waals surface area contributed by atoms with Gasteiger partial charge in [0.05, 0.1) is 6.07 Å². The van der Waals surface area contributed by atoms with Crippen LogP contribution < -0.4 is 0 Å². The predicted octanol–water partition coefficient (Wildman–Crippen LogP) is 0.871. The summed E-state index contributed by atoms with van der Waals surface area (Å²) < 4.78 is 4.84. The first-order chi connectivity index (χ1) is 4.67. The van der Waals surface area contributed by atoms with Crippen molar-refractivity contribution in [2.75, 3.05) is 0 Å². The van der Waals surface area contributed by atoms with Gasteiger partial charge in [-0.2, -0.15) is 5.26 Å². The van der Waals surface area contributed by atoms with Crippen molar-refractivity contribution < 1.29 is 4.42 Å². The number of nitrogens with zero attached hydrogens (tertiary/aromatic N) is 3. The summed E-state index contributed by atoms with van der Waals surface area (Å²) in [6.45, 7) is 3.45. The van der Waals surface area contributed by atoms with Crippen LogP contribution in [0.1, 0.15) is 19.7 Å². The Labute approximate surface area is 58.5 Å². The average molecular weight is 137 g/mol. The Morgan fingerprint density at radius 1 is 1.70 bits per heavy atom. The van der Waals surface area contributed by atoms with E-state index < -0.39 is 5.41 Å². The molecule has 0 fully saturated rings. The largest absolute Gasteiger partial charge is 0.426 e. The van der Waals surface area contributed by atoms with E-state index in [9.17, 15) is 0 Å². The van der Waals surface area contributed by atoms with Crippen molar-refractivity contribution in [1.82, 2.24) is 10.2 Å². The Hall–Kier alpha value is -1.37.